The highest BCUT2D eigenvalue weighted by Gasteiger charge is 2.44. The minimum Gasteiger partial charge on any atom is -0.352 e. The molecule has 0 spiro atoms. The molecule has 2 unspecified atom stereocenters. The average molecular weight is 389 g/mol. The average Bonchev–Trinajstić information content (AvgIpc) is 3.48. The Morgan fingerprint density at radius 3 is 2.46 bits per heavy atom. The van der Waals surface area contributed by atoms with Crippen LogP contribution in [0.25, 0.3) is 5.69 Å². The van der Waals surface area contributed by atoms with E-state index in [0.29, 0.717) is 6.04 Å². The smallest absolute Gasteiger partial charge is 0.170 e. The van der Waals surface area contributed by atoms with Crippen molar-refractivity contribution in [1.82, 2.24) is 19.8 Å². The van der Waals surface area contributed by atoms with Gasteiger partial charge in [-0.2, -0.15) is 0 Å². The summed E-state index contributed by atoms with van der Waals surface area (Å²) in [5.41, 5.74) is 3.46. The van der Waals surface area contributed by atoms with E-state index in [1.165, 1.54) is 37.1 Å². The molecule has 0 bridgehead atoms. The van der Waals surface area contributed by atoms with E-state index in [2.05, 4.69) is 80.6 Å². The van der Waals surface area contributed by atoms with Gasteiger partial charge in [-0.15, -0.1) is 0 Å². The minimum atomic E-state index is 0.0478. The lowest BCUT2D eigenvalue weighted by Gasteiger charge is -2.33. The lowest BCUT2D eigenvalue weighted by Crippen LogP contribution is -2.38. The van der Waals surface area contributed by atoms with Gasteiger partial charge in [0.15, 0.2) is 5.11 Å². The van der Waals surface area contributed by atoms with Gasteiger partial charge in [-0.25, -0.2) is 0 Å². The molecule has 2 aromatic heterocycles. The molecule has 1 saturated carbocycles. The van der Waals surface area contributed by atoms with E-state index < -0.39 is 0 Å². The van der Waals surface area contributed by atoms with E-state index in [4.69, 9.17) is 12.2 Å². The molecule has 28 heavy (non-hydrogen) atoms. The van der Waals surface area contributed by atoms with Crippen molar-refractivity contribution in [3.05, 3.63) is 84.4 Å². The summed E-state index contributed by atoms with van der Waals surface area (Å²) in [6.45, 7) is 0. The summed E-state index contributed by atoms with van der Waals surface area (Å²) in [4.78, 5) is 7.12. The van der Waals surface area contributed by atoms with Gasteiger partial charge >= 0.3 is 0 Å². The quantitative estimate of drug-likeness (QED) is 0.652. The molecule has 1 saturated heterocycles. The maximum absolute atomic E-state index is 5.84. The lowest BCUT2D eigenvalue weighted by molar-refractivity contribution is 0.239. The molecule has 4 nitrogen and oxygen atoms in total. The Kier molecular flexibility index (Phi) is 4.61. The Labute approximate surface area is 171 Å². The zero-order valence-corrected chi connectivity index (χ0v) is 16.6. The van der Waals surface area contributed by atoms with Crippen LogP contribution in [-0.4, -0.2) is 25.6 Å². The summed E-state index contributed by atoms with van der Waals surface area (Å²) in [7, 11) is 0. The first-order valence-corrected chi connectivity index (χ1v) is 10.5. The van der Waals surface area contributed by atoms with Gasteiger partial charge in [-0.05, 0) is 61.5 Å². The van der Waals surface area contributed by atoms with Crippen LogP contribution in [0.3, 0.4) is 0 Å². The fourth-order valence-electron chi connectivity index (χ4n) is 4.72. The number of nitrogens with zero attached hydrogens (tertiary/aromatic N) is 3. The van der Waals surface area contributed by atoms with E-state index in [1.54, 1.807) is 0 Å². The summed E-state index contributed by atoms with van der Waals surface area (Å²) in [6, 6.07) is 21.7. The monoisotopic (exact) mass is 388 g/mol. The van der Waals surface area contributed by atoms with E-state index in [9.17, 15) is 0 Å². The molecule has 3 aromatic rings. The van der Waals surface area contributed by atoms with Gasteiger partial charge in [0.05, 0.1) is 17.8 Å². The highest BCUT2D eigenvalue weighted by Crippen LogP contribution is 2.43. The number of benzene rings is 1. The molecule has 2 atom stereocenters. The molecule has 1 N–H and O–H groups in total. The van der Waals surface area contributed by atoms with E-state index in [0.717, 1.165) is 10.8 Å². The summed E-state index contributed by atoms with van der Waals surface area (Å²) >= 11 is 5.84. The fourth-order valence-corrected chi connectivity index (χ4v) is 5.11. The maximum Gasteiger partial charge on any atom is 0.170 e. The van der Waals surface area contributed by atoms with Crippen molar-refractivity contribution in [3.8, 4) is 5.69 Å². The van der Waals surface area contributed by atoms with Crippen LogP contribution in [0.2, 0.25) is 0 Å². The third kappa shape index (κ3) is 3.00. The predicted octanol–water partition coefficient (Wildman–Crippen LogP) is 4.79. The number of rotatable bonds is 4. The first kappa shape index (κ1) is 17.4. The number of thiocarbonyl (C=S) groups is 1. The summed E-state index contributed by atoms with van der Waals surface area (Å²) in [6.07, 6.45) is 8.99. The van der Waals surface area contributed by atoms with Gasteiger partial charge in [0.2, 0.25) is 0 Å². The Hall–Kier alpha value is -2.66. The van der Waals surface area contributed by atoms with Crippen molar-refractivity contribution in [2.45, 2.75) is 43.8 Å². The van der Waals surface area contributed by atoms with Crippen molar-refractivity contribution in [2.75, 3.05) is 0 Å². The number of para-hydroxylation sites is 1. The molecule has 2 fully saturated rings. The summed E-state index contributed by atoms with van der Waals surface area (Å²) in [5.74, 6) is 0. The molecule has 0 radical (unpaired) electrons. The van der Waals surface area contributed by atoms with E-state index in [1.807, 2.05) is 12.3 Å². The molecule has 5 rings (SSSR count). The lowest BCUT2D eigenvalue weighted by atomic mass is 9.99. The zero-order chi connectivity index (χ0) is 18.9. The highest BCUT2D eigenvalue weighted by molar-refractivity contribution is 7.80. The first-order valence-electron chi connectivity index (χ1n) is 10.1. The Bertz CT molecular complexity index is 947. The molecule has 142 valence electrons. The Balaban J connectivity index is 1.62. The van der Waals surface area contributed by atoms with Crippen molar-refractivity contribution in [2.24, 2.45) is 0 Å². The molecule has 1 aliphatic heterocycles. The topological polar surface area (TPSA) is 33.1 Å². The van der Waals surface area contributed by atoms with Crippen LogP contribution >= 0.6 is 12.2 Å². The molecular weight excluding hydrogens is 364 g/mol. The molecule has 1 aromatic carbocycles. The van der Waals surface area contributed by atoms with Crippen LogP contribution in [0, 0.1) is 0 Å². The van der Waals surface area contributed by atoms with Gasteiger partial charge in [0.25, 0.3) is 0 Å². The minimum absolute atomic E-state index is 0.0478. The second-order valence-corrected chi connectivity index (χ2v) is 8.00. The van der Waals surface area contributed by atoms with Crippen molar-refractivity contribution in [3.63, 3.8) is 0 Å². The van der Waals surface area contributed by atoms with Gasteiger partial charge < -0.3 is 14.8 Å². The first-order chi connectivity index (χ1) is 13.8. The largest absolute Gasteiger partial charge is 0.352 e. The van der Waals surface area contributed by atoms with Crippen LogP contribution in [0.15, 0.2) is 73.1 Å². The fraction of sp³-hybridized carbons (Fsp3) is 0.304. The van der Waals surface area contributed by atoms with Crippen LogP contribution in [0.4, 0.5) is 0 Å². The van der Waals surface area contributed by atoms with E-state index in [-0.39, 0.29) is 12.1 Å². The van der Waals surface area contributed by atoms with Crippen molar-refractivity contribution >= 4 is 17.3 Å². The van der Waals surface area contributed by atoms with Gasteiger partial charge in [-0.3, -0.25) is 4.98 Å². The van der Waals surface area contributed by atoms with Gasteiger partial charge in [-0.1, -0.05) is 37.1 Å². The molecule has 0 amide bonds. The van der Waals surface area contributed by atoms with Crippen molar-refractivity contribution in [1.29, 1.82) is 0 Å². The number of pyridine rings is 1. The van der Waals surface area contributed by atoms with Gasteiger partial charge in [0, 0.05) is 29.8 Å². The van der Waals surface area contributed by atoms with Crippen LogP contribution in [0.5, 0.6) is 0 Å². The molecular formula is C23H24N4S. The highest BCUT2D eigenvalue weighted by atomic mass is 32.1. The number of nitrogens with one attached hydrogen (secondary N) is 1. The Morgan fingerprint density at radius 1 is 0.929 bits per heavy atom. The standard InChI is InChI=1S/C23H24N4S/c28-23-25-21(19-13-6-7-15-24-19)22(27(23)18-11-4-5-12-18)20-14-8-16-26(20)17-9-2-1-3-10-17/h1-3,6-10,13-16,18,21-22H,4-5,11-12H2,(H,25,28). The summed E-state index contributed by atoms with van der Waals surface area (Å²) < 4.78 is 2.29. The van der Waals surface area contributed by atoms with Gasteiger partial charge in [0.1, 0.15) is 0 Å². The Morgan fingerprint density at radius 2 is 1.71 bits per heavy atom. The predicted molar refractivity (Wildman–Crippen MR) is 115 cm³/mol. The van der Waals surface area contributed by atoms with Crippen LogP contribution in [-0.2, 0) is 0 Å². The number of aromatic nitrogens is 2. The number of hydrogen-bond donors (Lipinski definition) is 1. The SMILES string of the molecule is S=C1NC(c2ccccn2)C(c2cccn2-c2ccccc2)N1C1CCCC1. The third-order valence-corrected chi connectivity index (χ3v) is 6.30. The second-order valence-electron chi connectivity index (χ2n) is 7.61. The van der Waals surface area contributed by atoms with Crippen molar-refractivity contribution < 1.29 is 0 Å². The molecule has 1 aliphatic carbocycles. The van der Waals surface area contributed by atoms with E-state index >= 15 is 0 Å². The normalized spacial score (nSPS) is 22.6. The zero-order valence-electron chi connectivity index (χ0n) is 15.7. The number of hydrogen-bond acceptors (Lipinski definition) is 2. The summed E-state index contributed by atoms with van der Waals surface area (Å²) in [5, 5.41) is 4.45. The third-order valence-electron chi connectivity index (χ3n) is 5.97. The second kappa shape index (κ2) is 7.40. The maximum atomic E-state index is 5.84. The molecule has 5 heteroatoms. The van der Waals surface area contributed by atoms with Crippen LogP contribution in [0.1, 0.15) is 49.2 Å². The van der Waals surface area contributed by atoms with Crippen LogP contribution < -0.4 is 5.32 Å². The molecule has 3 heterocycles. The molecule has 2 aliphatic rings.